The maximum absolute atomic E-state index is 15.1. The molecule has 8 nitrogen and oxygen atoms in total. The number of hydrogen-bond donors (Lipinski definition) is 3. The molecule has 1 aliphatic heterocycles. The Morgan fingerprint density at radius 3 is 2.05 bits per heavy atom. The van der Waals surface area contributed by atoms with Crippen LogP contribution in [0.25, 0.3) is 16.7 Å². The summed E-state index contributed by atoms with van der Waals surface area (Å²) in [6.07, 6.45) is -11.0. The Hall–Kier alpha value is -3.86. The van der Waals surface area contributed by atoms with E-state index < -0.39 is 106 Å². The number of halogens is 9. The van der Waals surface area contributed by atoms with Crippen LogP contribution in [0.3, 0.4) is 0 Å². The fourth-order valence-corrected chi connectivity index (χ4v) is 4.36. The van der Waals surface area contributed by atoms with Gasteiger partial charge in [-0.25, -0.2) is 44.5 Å². The van der Waals surface area contributed by atoms with Crippen molar-refractivity contribution in [1.29, 1.82) is 0 Å². The van der Waals surface area contributed by atoms with Crippen LogP contribution in [0.5, 0.6) is 0 Å². The van der Waals surface area contributed by atoms with Gasteiger partial charge in [0.1, 0.15) is 23.1 Å². The molecule has 0 bridgehead atoms. The lowest BCUT2D eigenvalue weighted by molar-refractivity contribution is -0.0201. The average Bonchev–Trinajstić information content (AvgIpc) is 2.87. The van der Waals surface area contributed by atoms with Gasteiger partial charge in [-0.3, -0.25) is 14.2 Å². The normalized spacial score (nSPS) is 16.3. The number of hydrogen-bond acceptors (Lipinski definition) is 6. The van der Waals surface area contributed by atoms with E-state index in [1.54, 1.807) is 0 Å². The first-order chi connectivity index (χ1) is 19.2. The summed E-state index contributed by atoms with van der Waals surface area (Å²) in [6, 6.07) is -2.19. The van der Waals surface area contributed by atoms with Crippen LogP contribution in [0.4, 0.5) is 45.3 Å². The second kappa shape index (κ2) is 11.2. The summed E-state index contributed by atoms with van der Waals surface area (Å²) in [5, 5.41) is 19.4. The lowest BCUT2D eigenvalue weighted by Crippen LogP contribution is -2.61. The fraction of sp³-hybridized carbons (Fsp3) is 0.375. The van der Waals surface area contributed by atoms with E-state index >= 15 is 4.39 Å². The van der Waals surface area contributed by atoms with Gasteiger partial charge < -0.3 is 20.4 Å². The fourth-order valence-electron chi connectivity index (χ4n) is 4.36. The highest BCUT2D eigenvalue weighted by Gasteiger charge is 2.44. The summed E-state index contributed by atoms with van der Waals surface area (Å²) in [4.78, 5) is 31.0. The number of nitrogens with zero attached hydrogens (tertiary/aromatic N) is 3. The third-order valence-corrected chi connectivity index (χ3v) is 6.56. The van der Waals surface area contributed by atoms with Crippen molar-refractivity contribution in [2.75, 3.05) is 31.2 Å². The van der Waals surface area contributed by atoms with E-state index in [4.69, 9.17) is 0 Å². The Bertz CT molecular complexity index is 1520. The van der Waals surface area contributed by atoms with Gasteiger partial charge in [0.25, 0.3) is 18.8 Å². The molecule has 17 heteroatoms. The van der Waals surface area contributed by atoms with E-state index in [0.29, 0.717) is 16.8 Å². The minimum absolute atomic E-state index is 0.136. The number of anilines is 1. The number of alkyl halides is 5. The van der Waals surface area contributed by atoms with Crippen molar-refractivity contribution in [1.82, 2.24) is 14.9 Å². The predicted octanol–water partition coefficient (Wildman–Crippen LogP) is 2.70. The Morgan fingerprint density at radius 1 is 0.951 bits per heavy atom. The molecule has 3 heterocycles. The summed E-state index contributed by atoms with van der Waals surface area (Å²) < 4.78 is 124. The molecule has 1 amide bonds. The summed E-state index contributed by atoms with van der Waals surface area (Å²) >= 11 is 0. The Kier molecular flexibility index (Phi) is 8.22. The SMILES string of the molecule is O=C(NC(C(F)F)C(F)C(F)F)c1cn(-c2c(F)cc(F)cc2F)c2nc(N3CC(CO)(CO)C3)c(F)cc2c1=O. The standard InChI is InChI=1S/C24H19F9N4O4/c25-9-1-12(26)17(13(27)2-9)37-4-11(23(41)34-16(20(32)33)15(29)19(30)31)18(40)10-3-14(28)22(35-21(10)37)36-5-24(6-36,7-38)8-39/h1-4,15-16,19-20,38-39H,5-8H2,(H,34,41). The van der Waals surface area contributed by atoms with Crippen LogP contribution in [0.1, 0.15) is 10.4 Å². The van der Waals surface area contributed by atoms with E-state index in [9.17, 15) is 54.9 Å². The second-order valence-corrected chi connectivity index (χ2v) is 9.41. The lowest BCUT2D eigenvalue weighted by Gasteiger charge is -2.48. The van der Waals surface area contributed by atoms with E-state index in [1.165, 1.54) is 10.2 Å². The Balaban J connectivity index is 1.93. The predicted molar refractivity (Wildman–Crippen MR) is 124 cm³/mol. The number of nitrogens with one attached hydrogen (secondary N) is 1. The summed E-state index contributed by atoms with van der Waals surface area (Å²) in [6.45, 7) is -1.25. The number of benzene rings is 1. The minimum Gasteiger partial charge on any atom is -0.396 e. The van der Waals surface area contributed by atoms with Crippen molar-refractivity contribution in [3.8, 4) is 5.69 Å². The van der Waals surface area contributed by atoms with Crippen molar-refractivity contribution in [2.24, 2.45) is 5.41 Å². The van der Waals surface area contributed by atoms with Crippen LogP contribution in [-0.2, 0) is 0 Å². The van der Waals surface area contributed by atoms with Crippen LogP contribution < -0.4 is 15.6 Å². The molecule has 1 aliphatic rings. The van der Waals surface area contributed by atoms with Gasteiger partial charge in [-0.15, -0.1) is 0 Å². The molecule has 2 unspecified atom stereocenters. The number of amides is 1. The number of rotatable bonds is 9. The van der Waals surface area contributed by atoms with Crippen LogP contribution >= 0.6 is 0 Å². The first-order valence-corrected chi connectivity index (χ1v) is 11.6. The number of aliphatic hydroxyl groups excluding tert-OH is 2. The zero-order valence-corrected chi connectivity index (χ0v) is 20.4. The van der Waals surface area contributed by atoms with E-state index in [2.05, 4.69) is 4.98 Å². The van der Waals surface area contributed by atoms with Crippen molar-refractivity contribution >= 4 is 22.8 Å². The quantitative estimate of drug-likeness (QED) is 0.327. The molecule has 2 aromatic heterocycles. The topological polar surface area (TPSA) is 108 Å². The first-order valence-electron chi connectivity index (χ1n) is 11.6. The Morgan fingerprint density at radius 2 is 1.54 bits per heavy atom. The third-order valence-electron chi connectivity index (χ3n) is 6.56. The molecule has 4 rings (SSSR count). The van der Waals surface area contributed by atoms with E-state index in [-0.39, 0.29) is 25.2 Å². The first kappa shape index (κ1) is 30.1. The molecule has 1 fully saturated rings. The molecule has 3 N–H and O–H groups in total. The molecule has 0 aliphatic carbocycles. The molecule has 222 valence electrons. The van der Waals surface area contributed by atoms with Gasteiger partial charge in [0.05, 0.1) is 24.0 Å². The van der Waals surface area contributed by atoms with Gasteiger partial charge in [-0.2, -0.15) is 0 Å². The minimum atomic E-state index is -3.96. The van der Waals surface area contributed by atoms with Gasteiger partial charge in [-0.05, 0) is 6.07 Å². The van der Waals surface area contributed by atoms with Gasteiger partial charge in [0.2, 0.25) is 5.43 Å². The number of aromatic nitrogens is 2. The highest BCUT2D eigenvalue weighted by molar-refractivity contribution is 5.97. The number of aliphatic hydroxyl groups is 2. The van der Waals surface area contributed by atoms with Gasteiger partial charge in [-0.1, -0.05) is 0 Å². The molecular formula is C24H19F9N4O4. The zero-order valence-electron chi connectivity index (χ0n) is 20.4. The molecule has 41 heavy (non-hydrogen) atoms. The summed E-state index contributed by atoms with van der Waals surface area (Å²) in [5.74, 6) is -8.21. The van der Waals surface area contributed by atoms with Crippen molar-refractivity contribution in [2.45, 2.75) is 25.1 Å². The molecule has 1 saturated heterocycles. The van der Waals surface area contributed by atoms with Crippen LogP contribution in [0, 0.1) is 28.7 Å². The van der Waals surface area contributed by atoms with Crippen LogP contribution in [0.15, 0.2) is 29.2 Å². The van der Waals surface area contributed by atoms with Crippen molar-refractivity contribution < 1.29 is 54.5 Å². The molecule has 0 spiro atoms. The largest absolute Gasteiger partial charge is 0.396 e. The molecule has 0 radical (unpaired) electrons. The number of pyridine rings is 2. The third kappa shape index (κ3) is 5.42. The van der Waals surface area contributed by atoms with Crippen LogP contribution in [-0.4, -0.2) is 77.0 Å². The van der Waals surface area contributed by atoms with Gasteiger partial charge >= 0.3 is 0 Å². The average molecular weight is 598 g/mol. The van der Waals surface area contributed by atoms with E-state index in [1.807, 2.05) is 0 Å². The number of carbonyl (C=O) groups is 1. The maximum Gasteiger partial charge on any atom is 0.271 e. The number of carbonyl (C=O) groups excluding carboxylic acids is 1. The highest BCUT2D eigenvalue weighted by Crippen LogP contribution is 2.35. The van der Waals surface area contributed by atoms with Crippen molar-refractivity contribution in [3.05, 3.63) is 63.5 Å². The van der Waals surface area contributed by atoms with Gasteiger partial charge in [0.15, 0.2) is 35.1 Å². The smallest absolute Gasteiger partial charge is 0.271 e. The molecule has 0 saturated carbocycles. The lowest BCUT2D eigenvalue weighted by atomic mass is 9.81. The second-order valence-electron chi connectivity index (χ2n) is 9.41. The van der Waals surface area contributed by atoms with Gasteiger partial charge in [0, 0.05) is 31.4 Å². The summed E-state index contributed by atoms with van der Waals surface area (Å²) in [7, 11) is 0. The molecular weight excluding hydrogens is 579 g/mol. The molecule has 1 aromatic carbocycles. The van der Waals surface area contributed by atoms with Crippen LogP contribution in [0.2, 0.25) is 0 Å². The monoisotopic (exact) mass is 598 g/mol. The zero-order chi connectivity index (χ0) is 30.4. The maximum atomic E-state index is 15.1. The Labute approximate surface area is 223 Å². The van der Waals surface area contributed by atoms with Crippen molar-refractivity contribution in [3.63, 3.8) is 0 Å². The molecule has 3 aromatic rings. The van der Waals surface area contributed by atoms with E-state index in [0.717, 1.165) is 0 Å². The number of fused-ring (bicyclic) bond motifs is 1. The molecule has 2 atom stereocenters. The summed E-state index contributed by atoms with van der Waals surface area (Å²) in [5.41, 5.74) is -5.60. The highest BCUT2D eigenvalue weighted by atomic mass is 19.3.